The van der Waals surface area contributed by atoms with Crippen LogP contribution in [-0.4, -0.2) is 24.1 Å². The third-order valence-electron chi connectivity index (χ3n) is 2.65. The summed E-state index contributed by atoms with van der Waals surface area (Å²) in [5.74, 6) is -0.626. The van der Waals surface area contributed by atoms with Crippen molar-refractivity contribution in [2.45, 2.75) is 25.2 Å². The first kappa shape index (κ1) is 10.6. The first-order chi connectivity index (χ1) is 7.08. The van der Waals surface area contributed by atoms with Crippen LogP contribution in [0.4, 0.5) is 0 Å². The van der Waals surface area contributed by atoms with Gasteiger partial charge in [0.25, 0.3) is 0 Å². The SMILES string of the molecule is CC1(C)OC[C@@](CO)(c2ccccc2)O1. The number of ether oxygens (including phenoxy) is 2. The van der Waals surface area contributed by atoms with Gasteiger partial charge < -0.3 is 14.6 Å². The van der Waals surface area contributed by atoms with Gasteiger partial charge in [-0.05, 0) is 19.4 Å². The first-order valence-corrected chi connectivity index (χ1v) is 5.09. The fourth-order valence-corrected chi connectivity index (χ4v) is 1.87. The minimum Gasteiger partial charge on any atom is -0.393 e. The molecule has 0 saturated carbocycles. The van der Waals surface area contributed by atoms with E-state index in [2.05, 4.69) is 0 Å². The molecule has 0 aromatic heterocycles. The van der Waals surface area contributed by atoms with Crippen LogP contribution in [0, 0.1) is 0 Å². The van der Waals surface area contributed by atoms with Crippen LogP contribution in [0.5, 0.6) is 0 Å². The molecule has 2 rings (SSSR count). The van der Waals surface area contributed by atoms with Gasteiger partial charge in [-0.3, -0.25) is 0 Å². The molecule has 82 valence electrons. The monoisotopic (exact) mass is 208 g/mol. The molecule has 0 unspecified atom stereocenters. The minimum absolute atomic E-state index is 0.0690. The molecule has 1 atom stereocenters. The van der Waals surface area contributed by atoms with Gasteiger partial charge in [-0.2, -0.15) is 0 Å². The highest BCUT2D eigenvalue weighted by Gasteiger charge is 2.46. The molecule has 0 amide bonds. The van der Waals surface area contributed by atoms with Crippen LogP contribution in [0.25, 0.3) is 0 Å². The van der Waals surface area contributed by atoms with Crippen molar-refractivity contribution in [1.29, 1.82) is 0 Å². The number of aliphatic hydroxyl groups excluding tert-OH is 1. The topological polar surface area (TPSA) is 38.7 Å². The van der Waals surface area contributed by atoms with Gasteiger partial charge in [0.15, 0.2) is 5.79 Å². The Morgan fingerprint density at radius 2 is 1.93 bits per heavy atom. The van der Waals surface area contributed by atoms with E-state index in [0.717, 1.165) is 5.56 Å². The van der Waals surface area contributed by atoms with Crippen LogP contribution in [-0.2, 0) is 15.1 Å². The summed E-state index contributed by atoms with van der Waals surface area (Å²) in [7, 11) is 0. The number of aliphatic hydroxyl groups is 1. The molecule has 1 saturated heterocycles. The van der Waals surface area contributed by atoms with E-state index in [4.69, 9.17) is 9.47 Å². The summed E-state index contributed by atoms with van der Waals surface area (Å²) in [6.07, 6.45) is 0. The number of hydrogen-bond acceptors (Lipinski definition) is 3. The predicted molar refractivity (Wildman–Crippen MR) is 56.3 cm³/mol. The quantitative estimate of drug-likeness (QED) is 0.803. The standard InChI is InChI=1S/C12H16O3/c1-11(2)14-9-12(8-13,15-11)10-6-4-3-5-7-10/h3-7,13H,8-9H2,1-2H3/t12-/m0/s1. The Hall–Kier alpha value is -0.900. The van der Waals surface area contributed by atoms with Gasteiger partial charge in [-0.25, -0.2) is 0 Å². The second-order valence-corrected chi connectivity index (χ2v) is 4.31. The smallest absolute Gasteiger partial charge is 0.164 e. The van der Waals surface area contributed by atoms with Crippen molar-refractivity contribution in [1.82, 2.24) is 0 Å². The Kier molecular flexibility index (Phi) is 2.54. The second-order valence-electron chi connectivity index (χ2n) is 4.31. The molecule has 15 heavy (non-hydrogen) atoms. The molecular formula is C12H16O3. The number of benzene rings is 1. The van der Waals surface area contributed by atoms with Crippen molar-refractivity contribution >= 4 is 0 Å². The van der Waals surface area contributed by atoms with Gasteiger partial charge >= 0.3 is 0 Å². The molecule has 1 heterocycles. The van der Waals surface area contributed by atoms with Gasteiger partial charge in [0.05, 0.1) is 13.2 Å². The molecule has 1 aromatic carbocycles. The summed E-state index contributed by atoms with van der Waals surface area (Å²) in [5, 5.41) is 9.50. The van der Waals surface area contributed by atoms with E-state index < -0.39 is 11.4 Å². The van der Waals surface area contributed by atoms with Gasteiger partial charge in [-0.1, -0.05) is 30.3 Å². The Morgan fingerprint density at radius 3 is 2.40 bits per heavy atom. The Labute approximate surface area is 89.6 Å². The van der Waals surface area contributed by atoms with Crippen molar-refractivity contribution in [3.05, 3.63) is 35.9 Å². The average Bonchev–Trinajstić information content (AvgIpc) is 2.57. The lowest BCUT2D eigenvalue weighted by atomic mass is 9.96. The van der Waals surface area contributed by atoms with Crippen molar-refractivity contribution in [3.8, 4) is 0 Å². The second kappa shape index (κ2) is 3.59. The van der Waals surface area contributed by atoms with Crippen LogP contribution >= 0.6 is 0 Å². The van der Waals surface area contributed by atoms with E-state index in [9.17, 15) is 5.11 Å². The first-order valence-electron chi connectivity index (χ1n) is 5.09. The number of rotatable bonds is 2. The van der Waals surface area contributed by atoms with Crippen LogP contribution < -0.4 is 0 Å². The van der Waals surface area contributed by atoms with Gasteiger partial charge in [0, 0.05) is 0 Å². The maximum absolute atomic E-state index is 9.50. The number of hydrogen-bond donors (Lipinski definition) is 1. The van der Waals surface area contributed by atoms with Crippen LogP contribution in [0.1, 0.15) is 19.4 Å². The molecule has 3 heteroatoms. The normalized spacial score (nSPS) is 29.3. The highest BCUT2D eigenvalue weighted by molar-refractivity contribution is 5.24. The largest absolute Gasteiger partial charge is 0.393 e. The molecule has 0 spiro atoms. The lowest BCUT2D eigenvalue weighted by Crippen LogP contribution is -2.35. The molecule has 3 nitrogen and oxygen atoms in total. The predicted octanol–water partition coefficient (Wildman–Crippen LogP) is 1.66. The maximum Gasteiger partial charge on any atom is 0.164 e. The third kappa shape index (κ3) is 1.91. The zero-order valence-electron chi connectivity index (χ0n) is 9.06. The van der Waals surface area contributed by atoms with E-state index >= 15 is 0 Å². The molecule has 1 aromatic rings. The fourth-order valence-electron chi connectivity index (χ4n) is 1.87. The van der Waals surface area contributed by atoms with Crippen molar-refractivity contribution in [3.63, 3.8) is 0 Å². The van der Waals surface area contributed by atoms with E-state index in [1.54, 1.807) is 0 Å². The van der Waals surface area contributed by atoms with Crippen LogP contribution in [0.15, 0.2) is 30.3 Å². The minimum atomic E-state index is -0.704. The van der Waals surface area contributed by atoms with E-state index in [1.807, 2.05) is 44.2 Å². The molecule has 1 N–H and O–H groups in total. The van der Waals surface area contributed by atoms with Crippen molar-refractivity contribution < 1.29 is 14.6 Å². The highest BCUT2D eigenvalue weighted by atomic mass is 16.8. The maximum atomic E-state index is 9.50. The molecule has 0 bridgehead atoms. The van der Waals surface area contributed by atoms with Crippen LogP contribution in [0.2, 0.25) is 0 Å². The summed E-state index contributed by atoms with van der Waals surface area (Å²) in [6, 6.07) is 9.69. The van der Waals surface area contributed by atoms with E-state index in [1.165, 1.54) is 0 Å². The average molecular weight is 208 g/mol. The molecule has 1 aliphatic rings. The summed E-state index contributed by atoms with van der Waals surface area (Å²) in [5.41, 5.74) is 0.253. The van der Waals surface area contributed by atoms with Gasteiger partial charge in [-0.15, -0.1) is 0 Å². The zero-order valence-corrected chi connectivity index (χ0v) is 9.06. The highest BCUT2D eigenvalue weighted by Crippen LogP contribution is 2.38. The van der Waals surface area contributed by atoms with E-state index in [0.29, 0.717) is 6.61 Å². The van der Waals surface area contributed by atoms with Crippen molar-refractivity contribution in [2.24, 2.45) is 0 Å². The molecule has 1 aliphatic heterocycles. The summed E-state index contributed by atoms with van der Waals surface area (Å²) < 4.78 is 11.3. The van der Waals surface area contributed by atoms with Crippen molar-refractivity contribution in [2.75, 3.05) is 13.2 Å². The fraction of sp³-hybridized carbons (Fsp3) is 0.500. The molecule has 1 fully saturated rings. The third-order valence-corrected chi connectivity index (χ3v) is 2.65. The Morgan fingerprint density at radius 1 is 1.27 bits per heavy atom. The molecule has 0 aliphatic carbocycles. The van der Waals surface area contributed by atoms with E-state index in [-0.39, 0.29) is 6.61 Å². The Balaban J connectivity index is 2.32. The lowest BCUT2D eigenvalue weighted by Gasteiger charge is -2.27. The van der Waals surface area contributed by atoms with Gasteiger partial charge in [0.2, 0.25) is 0 Å². The molecule has 0 radical (unpaired) electrons. The molecular weight excluding hydrogens is 192 g/mol. The summed E-state index contributed by atoms with van der Waals surface area (Å²) >= 11 is 0. The summed E-state index contributed by atoms with van der Waals surface area (Å²) in [6.45, 7) is 4.03. The van der Waals surface area contributed by atoms with Gasteiger partial charge in [0.1, 0.15) is 5.60 Å². The zero-order chi connectivity index (χ0) is 10.9. The van der Waals surface area contributed by atoms with Crippen LogP contribution in [0.3, 0.4) is 0 Å². The Bertz CT molecular complexity index is 334. The summed E-state index contributed by atoms with van der Waals surface area (Å²) in [4.78, 5) is 0. The lowest BCUT2D eigenvalue weighted by molar-refractivity contribution is -0.172.